The summed E-state index contributed by atoms with van der Waals surface area (Å²) in [6.07, 6.45) is 0. The van der Waals surface area contributed by atoms with Crippen molar-refractivity contribution in [1.82, 2.24) is 4.98 Å². The number of rotatable bonds is 2. The minimum absolute atomic E-state index is 0. The first-order valence-electron chi connectivity index (χ1n) is 6.01. The molecular weight excluding hydrogens is 307 g/mol. The number of aromatic nitrogens is 1. The molecule has 2 aromatic carbocycles. The normalized spacial score (nSPS) is 9.68. The van der Waals surface area contributed by atoms with E-state index in [2.05, 4.69) is 30.3 Å². The Labute approximate surface area is 138 Å². The summed E-state index contributed by atoms with van der Waals surface area (Å²) in [6.45, 7) is 0. The van der Waals surface area contributed by atoms with Gasteiger partial charge in [-0.05, 0) is 12.1 Å². The average Bonchev–Trinajstić information content (AvgIpc) is 2.49. The van der Waals surface area contributed by atoms with Gasteiger partial charge in [-0.1, -0.05) is 66.7 Å². The molecule has 0 aliphatic rings. The summed E-state index contributed by atoms with van der Waals surface area (Å²) >= 11 is 0. The summed E-state index contributed by atoms with van der Waals surface area (Å²) in [5, 5.41) is 0. The van der Waals surface area contributed by atoms with E-state index < -0.39 is 0 Å². The van der Waals surface area contributed by atoms with E-state index in [0.29, 0.717) is 0 Å². The molecular formula is C17H13NY. The molecule has 0 unspecified atom stereocenters. The number of nitrogens with zero attached hydrogens (tertiary/aromatic N) is 1. The van der Waals surface area contributed by atoms with Gasteiger partial charge < -0.3 is 0 Å². The molecule has 1 aromatic heterocycles. The van der Waals surface area contributed by atoms with E-state index in [-0.39, 0.29) is 32.7 Å². The molecule has 19 heavy (non-hydrogen) atoms. The average molecular weight is 320 g/mol. The fourth-order valence-electron chi connectivity index (χ4n) is 1.97. The summed E-state index contributed by atoms with van der Waals surface area (Å²) in [6, 6.07) is 26.6. The van der Waals surface area contributed by atoms with E-state index in [4.69, 9.17) is 4.98 Å². The van der Waals surface area contributed by atoms with E-state index in [1.807, 2.05) is 48.5 Å². The Balaban J connectivity index is 0.00000133. The van der Waals surface area contributed by atoms with Gasteiger partial charge in [-0.25, -0.2) is 4.98 Å². The van der Waals surface area contributed by atoms with Crippen molar-refractivity contribution in [2.24, 2.45) is 0 Å². The molecule has 0 fully saturated rings. The van der Waals surface area contributed by atoms with Crippen LogP contribution in [0.2, 0.25) is 0 Å². The van der Waals surface area contributed by atoms with Gasteiger partial charge >= 0.3 is 0 Å². The van der Waals surface area contributed by atoms with Crippen molar-refractivity contribution in [3.8, 4) is 22.5 Å². The molecule has 0 aliphatic carbocycles. The molecule has 1 nitrogen and oxygen atoms in total. The third-order valence-corrected chi connectivity index (χ3v) is 2.89. The summed E-state index contributed by atoms with van der Waals surface area (Å²) in [7, 11) is 0. The van der Waals surface area contributed by atoms with E-state index in [1.165, 1.54) is 0 Å². The Morgan fingerprint density at radius 1 is 0.474 bits per heavy atom. The Morgan fingerprint density at radius 3 is 1.32 bits per heavy atom. The van der Waals surface area contributed by atoms with Crippen molar-refractivity contribution in [2.45, 2.75) is 0 Å². The van der Waals surface area contributed by atoms with E-state index in [1.54, 1.807) is 0 Å². The fraction of sp³-hybridized carbons (Fsp3) is 0. The first-order valence-corrected chi connectivity index (χ1v) is 6.01. The van der Waals surface area contributed by atoms with Crippen molar-refractivity contribution in [2.75, 3.05) is 0 Å². The zero-order valence-corrected chi connectivity index (χ0v) is 13.4. The van der Waals surface area contributed by atoms with Crippen molar-refractivity contribution in [3.63, 3.8) is 0 Å². The second-order valence-electron chi connectivity index (χ2n) is 4.14. The van der Waals surface area contributed by atoms with Gasteiger partial charge in [0.1, 0.15) is 0 Å². The molecule has 2 heteroatoms. The minimum atomic E-state index is 0. The van der Waals surface area contributed by atoms with Crippen LogP contribution < -0.4 is 0 Å². The predicted octanol–water partition coefficient (Wildman–Crippen LogP) is 4.41. The topological polar surface area (TPSA) is 12.9 Å². The Bertz CT molecular complexity index is 581. The second kappa shape index (κ2) is 6.74. The van der Waals surface area contributed by atoms with Crippen LogP contribution in [0.25, 0.3) is 22.5 Å². The van der Waals surface area contributed by atoms with Crippen molar-refractivity contribution >= 4 is 0 Å². The molecule has 0 saturated heterocycles. The van der Waals surface area contributed by atoms with Gasteiger partial charge in [0.15, 0.2) is 0 Å². The molecule has 0 amide bonds. The van der Waals surface area contributed by atoms with Crippen LogP contribution in [0.1, 0.15) is 0 Å². The second-order valence-corrected chi connectivity index (χ2v) is 4.14. The summed E-state index contributed by atoms with van der Waals surface area (Å²) < 4.78 is 0. The standard InChI is InChI=1S/C17H13N.Y/c1-3-8-14(9-4-1)16-12-7-13-17(18-16)15-10-5-2-6-11-15;/h1-13H;. The quantitative estimate of drug-likeness (QED) is 0.681. The van der Waals surface area contributed by atoms with Gasteiger partial charge in [-0.3, -0.25) is 0 Å². The van der Waals surface area contributed by atoms with Crippen LogP contribution in [0.15, 0.2) is 78.9 Å². The molecule has 0 atom stereocenters. The third kappa shape index (κ3) is 3.37. The van der Waals surface area contributed by atoms with Gasteiger partial charge in [-0.2, -0.15) is 0 Å². The van der Waals surface area contributed by atoms with E-state index >= 15 is 0 Å². The maximum absolute atomic E-state index is 4.71. The van der Waals surface area contributed by atoms with Gasteiger partial charge in [0.2, 0.25) is 0 Å². The monoisotopic (exact) mass is 320 g/mol. The Morgan fingerprint density at radius 2 is 0.895 bits per heavy atom. The van der Waals surface area contributed by atoms with Crippen LogP contribution in [0.5, 0.6) is 0 Å². The first-order chi connectivity index (χ1) is 8.93. The van der Waals surface area contributed by atoms with Crippen LogP contribution in [0.3, 0.4) is 0 Å². The maximum Gasteiger partial charge on any atom is 0.0709 e. The smallest absolute Gasteiger partial charge is 0.0709 e. The molecule has 0 N–H and O–H groups in total. The van der Waals surface area contributed by atoms with Gasteiger partial charge in [0, 0.05) is 43.8 Å². The van der Waals surface area contributed by atoms with E-state index in [9.17, 15) is 0 Å². The zero-order valence-electron chi connectivity index (χ0n) is 10.5. The third-order valence-electron chi connectivity index (χ3n) is 2.89. The van der Waals surface area contributed by atoms with Crippen LogP contribution in [-0.2, 0) is 32.7 Å². The number of hydrogen-bond acceptors (Lipinski definition) is 1. The predicted molar refractivity (Wildman–Crippen MR) is 75.1 cm³/mol. The van der Waals surface area contributed by atoms with Crippen LogP contribution in [0, 0.1) is 0 Å². The summed E-state index contributed by atoms with van der Waals surface area (Å²) in [5.74, 6) is 0. The van der Waals surface area contributed by atoms with Crippen LogP contribution in [0.4, 0.5) is 0 Å². The SMILES string of the molecule is [Y].c1ccc(-c2cccc(-c3ccccc3)n2)cc1. The molecule has 0 bridgehead atoms. The van der Waals surface area contributed by atoms with Crippen LogP contribution in [-0.4, -0.2) is 4.98 Å². The number of benzene rings is 2. The molecule has 89 valence electrons. The van der Waals surface area contributed by atoms with Gasteiger partial charge in [-0.15, -0.1) is 0 Å². The zero-order chi connectivity index (χ0) is 12.2. The summed E-state index contributed by atoms with van der Waals surface area (Å²) in [4.78, 5) is 4.71. The molecule has 0 saturated carbocycles. The largest absolute Gasteiger partial charge is 0.248 e. The van der Waals surface area contributed by atoms with Crippen molar-refractivity contribution in [1.29, 1.82) is 0 Å². The maximum atomic E-state index is 4.71. The fourth-order valence-corrected chi connectivity index (χ4v) is 1.97. The number of pyridine rings is 1. The van der Waals surface area contributed by atoms with Crippen molar-refractivity contribution in [3.05, 3.63) is 78.9 Å². The molecule has 3 rings (SSSR count). The molecule has 3 aromatic rings. The van der Waals surface area contributed by atoms with E-state index in [0.717, 1.165) is 22.5 Å². The Kier molecular flexibility index (Phi) is 5.01. The van der Waals surface area contributed by atoms with Crippen LogP contribution >= 0.6 is 0 Å². The molecule has 1 radical (unpaired) electrons. The number of hydrogen-bond donors (Lipinski definition) is 0. The van der Waals surface area contributed by atoms with Gasteiger partial charge in [0.25, 0.3) is 0 Å². The minimum Gasteiger partial charge on any atom is -0.248 e. The Hall–Kier alpha value is -1.31. The molecule has 0 spiro atoms. The summed E-state index contributed by atoms with van der Waals surface area (Å²) in [5.41, 5.74) is 4.32. The van der Waals surface area contributed by atoms with Crippen molar-refractivity contribution < 1.29 is 32.7 Å². The molecule has 1 heterocycles. The van der Waals surface area contributed by atoms with Gasteiger partial charge in [0.05, 0.1) is 11.4 Å². The molecule has 0 aliphatic heterocycles. The first kappa shape index (κ1) is 14.1.